The minimum Gasteiger partial charge on any atom is -0.505 e. The first kappa shape index (κ1) is 11.3. The molecule has 19 heavy (non-hydrogen) atoms. The Kier molecular flexibility index (Phi) is 2.31. The largest absolute Gasteiger partial charge is 0.505 e. The number of aromatic hydroxyl groups is 2. The molecule has 0 spiro atoms. The summed E-state index contributed by atoms with van der Waals surface area (Å²) >= 11 is 0. The molecule has 2 N–H and O–H groups in total. The van der Waals surface area contributed by atoms with Gasteiger partial charge in [-0.3, -0.25) is 0 Å². The summed E-state index contributed by atoms with van der Waals surface area (Å²) in [6, 6.07) is 9.21. The fourth-order valence-corrected chi connectivity index (χ4v) is 2.21. The van der Waals surface area contributed by atoms with Crippen LogP contribution in [0.5, 0.6) is 11.5 Å². The Morgan fingerprint density at radius 2 is 1.79 bits per heavy atom. The molecule has 0 saturated heterocycles. The van der Waals surface area contributed by atoms with Gasteiger partial charge < -0.3 is 15.1 Å². The van der Waals surface area contributed by atoms with Crippen LogP contribution in [0.15, 0.2) is 36.4 Å². The smallest absolute Gasteiger partial charge is 0.331 e. The van der Waals surface area contributed by atoms with Crippen molar-refractivity contribution in [2.45, 2.75) is 0 Å². The number of para-hydroxylation sites is 2. The molecule has 2 aromatic carbocycles. The maximum Gasteiger partial charge on any atom is 0.331 e. The van der Waals surface area contributed by atoms with Crippen molar-refractivity contribution in [1.29, 1.82) is 0 Å². The molecular weight excluding hydrogens is 248 g/mol. The Morgan fingerprint density at radius 1 is 1.11 bits per heavy atom. The van der Waals surface area contributed by atoms with Crippen LogP contribution in [0.2, 0.25) is 0 Å². The number of hydrogen-bond donors (Lipinski definition) is 2. The molecule has 0 amide bonds. The summed E-state index contributed by atoms with van der Waals surface area (Å²) in [5.74, 6) is -0.224. The molecule has 1 heterocycles. The average molecular weight is 259 g/mol. The zero-order chi connectivity index (χ0) is 13.6. The highest BCUT2D eigenvalue weighted by atomic mass is 16.6. The van der Waals surface area contributed by atoms with E-state index < -0.39 is 0 Å². The Labute approximate surface area is 107 Å². The Balaban J connectivity index is 2.74. The van der Waals surface area contributed by atoms with Crippen LogP contribution in [0.4, 0.5) is 0 Å². The predicted octanol–water partition coefficient (Wildman–Crippen LogP) is 1.18. The maximum absolute atomic E-state index is 12.3. The number of phenols is 2. The van der Waals surface area contributed by atoms with Gasteiger partial charge in [0.1, 0.15) is 12.9 Å². The lowest BCUT2D eigenvalue weighted by Crippen LogP contribution is -2.23. The number of rotatable bonds is 1. The monoisotopic (exact) mass is 259 g/mol. The molecule has 3 rings (SSSR count). The molecule has 0 unspecified atom stereocenters. The lowest BCUT2D eigenvalue weighted by molar-refractivity contribution is -0.433. The van der Waals surface area contributed by atoms with Gasteiger partial charge in [-0.1, -0.05) is 12.1 Å². The molecule has 0 aliphatic carbocycles. The first-order valence-electron chi connectivity index (χ1n) is 5.60. The van der Waals surface area contributed by atoms with Gasteiger partial charge in [0.15, 0.2) is 16.8 Å². The average Bonchev–Trinajstić information content (AvgIpc) is 2.40. The van der Waals surface area contributed by atoms with Crippen LogP contribution >= 0.6 is 0 Å². The maximum atomic E-state index is 12.3. The second kappa shape index (κ2) is 3.88. The van der Waals surface area contributed by atoms with E-state index in [4.69, 9.17) is 4.84 Å². The number of hydrogen-bond acceptors (Lipinski definition) is 4. The number of phenolic OH excluding ortho intramolecular Hbond substituents is 2. The molecule has 0 aliphatic heterocycles. The molecule has 0 aliphatic rings. The summed E-state index contributed by atoms with van der Waals surface area (Å²) in [5.41, 5.74) is 0.905. The molecule has 0 saturated carbocycles. The minimum absolute atomic E-state index is 0.0748. The van der Waals surface area contributed by atoms with E-state index in [0.29, 0.717) is 9.94 Å². The number of aromatic nitrogens is 2. The van der Waals surface area contributed by atoms with Gasteiger partial charge in [0.25, 0.3) is 5.52 Å². The summed E-state index contributed by atoms with van der Waals surface area (Å²) < 4.78 is 1.89. The third-order valence-corrected chi connectivity index (χ3v) is 3.01. The Morgan fingerprint density at radius 3 is 2.53 bits per heavy atom. The minimum atomic E-state index is -0.149. The van der Waals surface area contributed by atoms with E-state index >= 15 is 0 Å². The summed E-state index contributed by atoms with van der Waals surface area (Å²) in [7, 11) is 1.42. The third kappa shape index (κ3) is 1.43. The van der Waals surface area contributed by atoms with Crippen LogP contribution in [-0.4, -0.2) is 22.1 Å². The lowest BCUT2D eigenvalue weighted by atomic mass is 10.2. The summed E-state index contributed by atoms with van der Waals surface area (Å²) in [6.45, 7) is 0. The quantitative estimate of drug-likeness (QED) is 0.508. The van der Waals surface area contributed by atoms with Crippen LogP contribution in [0.25, 0.3) is 22.1 Å². The summed E-state index contributed by atoms with van der Waals surface area (Å²) in [4.78, 5) is 17.5. The van der Waals surface area contributed by atoms with Crippen LogP contribution in [0, 0.1) is 4.91 Å². The predicted molar refractivity (Wildman–Crippen MR) is 68.6 cm³/mol. The van der Waals surface area contributed by atoms with Gasteiger partial charge in [-0.2, -0.15) is 4.73 Å². The van der Waals surface area contributed by atoms with Crippen molar-refractivity contribution < 1.29 is 19.5 Å². The zero-order valence-corrected chi connectivity index (χ0v) is 10.1. The van der Waals surface area contributed by atoms with Gasteiger partial charge in [0.05, 0.1) is 4.43 Å². The molecule has 0 radical (unpaired) electrons. The number of fused-ring (bicyclic) bond motifs is 2. The molecule has 3 aromatic rings. The SMILES string of the molecule is COn1c2cccc(O)c2[n+](=O)c2cccc(O)c21. The highest BCUT2D eigenvalue weighted by Crippen LogP contribution is 2.27. The van der Waals surface area contributed by atoms with Crippen molar-refractivity contribution in [2.75, 3.05) is 7.11 Å². The normalized spacial score (nSPS) is 11.0. The van der Waals surface area contributed by atoms with Crippen molar-refractivity contribution in [3.05, 3.63) is 41.3 Å². The fourth-order valence-electron chi connectivity index (χ4n) is 2.21. The number of benzene rings is 2. The highest BCUT2D eigenvalue weighted by Gasteiger charge is 2.24. The Bertz CT molecular complexity index is 854. The topological polar surface area (TPSA) is 77.6 Å². The first-order chi connectivity index (χ1) is 9.15. The lowest BCUT2D eigenvalue weighted by Gasteiger charge is -2.09. The fraction of sp³-hybridized carbons (Fsp3) is 0.0769. The third-order valence-electron chi connectivity index (χ3n) is 3.01. The van der Waals surface area contributed by atoms with Crippen molar-refractivity contribution in [3.63, 3.8) is 0 Å². The molecule has 96 valence electrons. The summed E-state index contributed by atoms with van der Waals surface area (Å²) in [5, 5.41) is 19.8. The molecule has 6 nitrogen and oxygen atoms in total. The van der Waals surface area contributed by atoms with Crippen molar-refractivity contribution in [1.82, 2.24) is 4.73 Å². The van der Waals surface area contributed by atoms with Gasteiger partial charge in [-0.15, -0.1) is 0 Å². The highest BCUT2D eigenvalue weighted by molar-refractivity contribution is 5.88. The standard InChI is InChI=1S/C13H10N2O4/c1-19-15-9-5-3-6-10(16)12(9)14(18)8-4-2-7-11(17)13(8)15/h2-7H,1H3,(H-,16,17,18)/p+1. The van der Waals surface area contributed by atoms with Crippen molar-refractivity contribution in [3.8, 4) is 11.5 Å². The van der Waals surface area contributed by atoms with Crippen LogP contribution in [-0.2, 0) is 0 Å². The van der Waals surface area contributed by atoms with E-state index in [1.54, 1.807) is 24.3 Å². The molecule has 0 fully saturated rings. The van der Waals surface area contributed by atoms with Gasteiger partial charge in [-0.05, 0) is 18.2 Å². The van der Waals surface area contributed by atoms with E-state index in [0.717, 1.165) is 0 Å². The molecule has 6 heteroatoms. The van der Waals surface area contributed by atoms with E-state index in [9.17, 15) is 15.1 Å². The number of nitrogens with zero attached hydrogens (tertiary/aromatic N) is 2. The Hall–Kier alpha value is -2.76. The van der Waals surface area contributed by atoms with Gasteiger partial charge in [0.2, 0.25) is 0 Å². The van der Waals surface area contributed by atoms with Gasteiger partial charge >= 0.3 is 5.52 Å². The van der Waals surface area contributed by atoms with E-state index in [-0.39, 0.29) is 28.0 Å². The van der Waals surface area contributed by atoms with E-state index in [1.165, 1.54) is 24.0 Å². The van der Waals surface area contributed by atoms with Crippen molar-refractivity contribution >= 4 is 22.1 Å². The first-order valence-corrected chi connectivity index (χ1v) is 5.60. The molecule has 0 atom stereocenters. The second-order valence-electron chi connectivity index (χ2n) is 4.06. The van der Waals surface area contributed by atoms with Crippen LogP contribution in [0.1, 0.15) is 0 Å². The van der Waals surface area contributed by atoms with Crippen LogP contribution < -0.4 is 9.26 Å². The van der Waals surface area contributed by atoms with E-state index in [2.05, 4.69) is 0 Å². The second-order valence-corrected chi connectivity index (χ2v) is 4.06. The van der Waals surface area contributed by atoms with E-state index in [1.807, 2.05) is 0 Å². The van der Waals surface area contributed by atoms with Crippen molar-refractivity contribution in [2.24, 2.45) is 0 Å². The van der Waals surface area contributed by atoms with Gasteiger partial charge in [-0.25, -0.2) is 0 Å². The summed E-state index contributed by atoms with van der Waals surface area (Å²) in [6.07, 6.45) is 0. The van der Waals surface area contributed by atoms with Crippen LogP contribution in [0.3, 0.4) is 0 Å². The molecule has 0 bridgehead atoms. The van der Waals surface area contributed by atoms with Gasteiger partial charge in [0, 0.05) is 11.0 Å². The molecule has 1 aromatic heterocycles. The zero-order valence-electron chi connectivity index (χ0n) is 10.1. The molecular formula is C13H11N2O4+.